The maximum atomic E-state index is 13.9. The number of halogens is 2. The van der Waals surface area contributed by atoms with Gasteiger partial charge in [-0.1, -0.05) is 58.4 Å². The first kappa shape index (κ1) is 25.6. The van der Waals surface area contributed by atoms with Crippen LogP contribution in [0.15, 0.2) is 58.4 Å². The summed E-state index contributed by atoms with van der Waals surface area (Å²) in [6.45, 7) is 1.71. The van der Waals surface area contributed by atoms with Gasteiger partial charge < -0.3 is 9.64 Å². The topological polar surface area (TPSA) is 88.9 Å². The SMILES string of the molecule is O=C(Cn1c2c(sc1=O)[C@H](c1ccc(Cl)cc1)C1C(=O)N(c3ccc(Cl)cc3)C(=O)C1S2)N1CCOCC1. The van der Waals surface area contributed by atoms with Crippen molar-refractivity contribution in [2.45, 2.75) is 22.7 Å². The number of anilines is 1. The van der Waals surface area contributed by atoms with Crippen LogP contribution in [-0.4, -0.2) is 58.7 Å². The molecule has 3 aromatic rings. The molecule has 0 aliphatic carbocycles. The van der Waals surface area contributed by atoms with E-state index in [0.717, 1.165) is 16.9 Å². The Labute approximate surface area is 236 Å². The fourth-order valence-electron chi connectivity index (χ4n) is 5.18. The molecule has 6 rings (SSSR count). The van der Waals surface area contributed by atoms with E-state index in [1.54, 1.807) is 41.3 Å². The molecule has 1 aromatic heterocycles. The van der Waals surface area contributed by atoms with Gasteiger partial charge in [0, 0.05) is 33.9 Å². The van der Waals surface area contributed by atoms with Crippen LogP contribution in [0.4, 0.5) is 5.69 Å². The van der Waals surface area contributed by atoms with Gasteiger partial charge in [0.1, 0.15) is 11.8 Å². The van der Waals surface area contributed by atoms with Crippen LogP contribution in [0.25, 0.3) is 0 Å². The number of benzene rings is 2. The first-order valence-corrected chi connectivity index (χ1v) is 14.4. The number of nitrogens with zero attached hydrogens (tertiary/aromatic N) is 3. The highest BCUT2D eigenvalue weighted by Gasteiger charge is 2.56. The Bertz CT molecular complexity index is 1480. The van der Waals surface area contributed by atoms with Crippen molar-refractivity contribution < 1.29 is 19.1 Å². The Morgan fingerprint density at radius 1 is 0.921 bits per heavy atom. The summed E-state index contributed by atoms with van der Waals surface area (Å²) in [6, 6.07) is 13.7. The molecule has 196 valence electrons. The van der Waals surface area contributed by atoms with Crippen molar-refractivity contribution in [3.8, 4) is 0 Å². The van der Waals surface area contributed by atoms with Gasteiger partial charge >= 0.3 is 4.87 Å². The molecule has 4 heterocycles. The van der Waals surface area contributed by atoms with Crippen molar-refractivity contribution >= 4 is 69.7 Å². The second-order valence-electron chi connectivity index (χ2n) is 9.20. The predicted octanol–water partition coefficient (Wildman–Crippen LogP) is 3.87. The lowest BCUT2D eigenvalue weighted by Crippen LogP contribution is -2.43. The number of ether oxygens (including phenoxy) is 1. The van der Waals surface area contributed by atoms with Crippen LogP contribution in [-0.2, 0) is 25.7 Å². The first-order chi connectivity index (χ1) is 18.3. The van der Waals surface area contributed by atoms with Gasteiger partial charge in [-0.25, -0.2) is 4.90 Å². The monoisotopic (exact) mass is 589 g/mol. The predicted molar refractivity (Wildman–Crippen MR) is 146 cm³/mol. The zero-order valence-corrected chi connectivity index (χ0v) is 23.0. The smallest absolute Gasteiger partial charge is 0.308 e. The van der Waals surface area contributed by atoms with Gasteiger partial charge in [0.15, 0.2) is 0 Å². The van der Waals surface area contributed by atoms with Crippen LogP contribution in [0.5, 0.6) is 0 Å². The molecule has 0 spiro atoms. The van der Waals surface area contributed by atoms with E-state index in [1.807, 2.05) is 12.1 Å². The van der Waals surface area contributed by atoms with Gasteiger partial charge in [0.2, 0.25) is 17.7 Å². The average Bonchev–Trinajstić information content (AvgIpc) is 3.36. The van der Waals surface area contributed by atoms with E-state index >= 15 is 0 Å². The maximum Gasteiger partial charge on any atom is 0.308 e. The molecule has 3 amide bonds. The molecule has 0 bridgehead atoms. The summed E-state index contributed by atoms with van der Waals surface area (Å²) in [7, 11) is 0. The first-order valence-electron chi connectivity index (χ1n) is 12.0. The lowest BCUT2D eigenvalue weighted by molar-refractivity contribution is -0.136. The van der Waals surface area contributed by atoms with Gasteiger partial charge in [-0.3, -0.25) is 23.7 Å². The number of rotatable bonds is 4. The third kappa shape index (κ3) is 4.38. The molecule has 0 radical (unpaired) electrons. The van der Waals surface area contributed by atoms with Gasteiger partial charge in [0.25, 0.3) is 0 Å². The van der Waals surface area contributed by atoms with Crippen LogP contribution in [0.2, 0.25) is 10.0 Å². The van der Waals surface area contributed by atoms with Crippen molar-refractivity contribution in [1.82, 2.24) is 9.47 Å². The summed E-state index contributed by atoms with van der Waals surface area (Å²) in [5, 5.41) is 0.830. The second-order valence-corrected chi connectivity index (χ2v) is 12.2. The molecule has 2 unspecified atom stereocenters. The fourth-order valence-corrected chi connectivity index (χ4v) is 8.20. The standard InChI is InChI=1S/C26H21Cl2N3O5S2/c27-15-3-1-14(2-4-15)19-20-21(24(34)31(23(20)33)17-7-5-16(28)6-8-17)37-25-22(19)38-26(35)30(25)13-18(32)29-9-11-36-12-10-29/h1-8,19-21H,9-13H2/t19-,20?,21?/m1/s1. The Morgan fingerprint density at radius 3 is 2.21 bits per heavy atom. The second kappa shape index (κ2) is 10.2. The Morgan fingerprint density at radius 2 is 1.55 bits per heavy atom. The van der Waals surface area contributed by atoms with E-state index in [-0.39, 0.29) is 29.1 Å². The quantitative estimate of drug-likeness (QED) is 0.429. The number of thiazole rings is 1. The normalized spacial score (nSPS) is 22.9. The highest BCUT2D eigenvalue weighted by atomic mass is 35.5. The number of morpholine rings is 1. The van der Waals surface area contributed by atoms with Gasteiger partial charge in [0.05, 0.1) is 29.8 Å². The van der Waals surface area contributed by atoms with E-state index in [2.05, 4.69) is 0 Å². The van der Waals surface area contributed by atoms with Crippen molar-refractivity contribution in [1.29, 1.82) is 0 Å². The van der Waals surface area contributed by atoms with Crippen LogP contribution in [0.3, 0.4) is 0 Å². The van der Waals surface area contributed by atoms with E-state index in [9.17, 15) is 19.2 Å². The maximum absolute atomic E-state index is 13.9. The summed E-state index contributed by atoms with van der Waals surface area (Å²) in [6.07, 6.45) is 0. The minimum Gasteiger partial charge on any atom is -0.378 e. The number of carbonyl (C=O) groups is 3. The molecular weight excluding hydrogens is 569 g/mol. The van der Waals surface area contributed by atoms with E-state index in [0.29, 0.717) is 51.9 Å². The van der Waals surface area contributed by atoms with Crippen molar-refractivity contribution in [3.05, 3.63) is 78.7 Å². The van der Waals surface area contributed by atoms with Crippen molar-refractivity contribution in [2.24, 2.45) is 5.92 Å². The molecule has 3 atom stereocenters. The highest BCUT2D eigenvalue weighted by molar-refractivity contribution is 8.00. The van der Waals surface area contributed by atoms with Gasteiger partial charge in [-0.05, 0) is 42.0 Å². The molecule has 3 aliphatic rings. The van der Waals surface area contributed by atoms with Crippen LogP contribution in [0.1, 0.15) is 16.4 Å². The van der Waals surface area contributed by atoms with Crippen molar-refractivity contribution in [3.63, 3.8) is 0 Å². The van der Waals surface area contributed by atoms with Crippen LogP contribution in [0, 0.1) is 5.92 Å². The third-order valence-corrected chi connectivity index (χ3v) is 10.1. The zero-order chi connectivity index (χ0) is 26.6. The molecule has 12 heteroatoms. The molecule has 38 heavy (non-hydrogen) atoms. The number of aromatic nitrogens is 1. The van der Waals surface area contributed by atoms with Crippen LogP contribution < -0.4 is 9.77 Å². The summed E-state index contributed by atoms with van der Waals surface area (Å²) in [5.74, 6) is -2.14. The van der Waals surface area contributed by atoms with Gasteiger partial charge in [-0.15, -0.1) is 0 Å². The number of hydrogen-bond acceptors (Lipinski definition) is 7. The fraction of sp³-hybridized carbons (Fsp3) is 0.308. The zero-order valence-electron chi connectivity index (χ0n) is 19.8. The molecule has 8 nitrogen and oxygen atoms in total. The molecule has 0 N–H and O–H groups in total. The van der Waals surface area contributed by atoms with E-state index in [1.165, 1.54) is 21.2 Å². The largest absolute Gasteiger partial charge is 0.378 e. The molecular formula is C26H21Cl2N3O5S2. The Kier molecular flexibility index (Phi) is 6.86. The number of thioether (sulfide) groups is 1. The molecule has 2 aromatic carbocycles. The summed E-state index contributed by atoms with van der Waals surface area (Å²) in [5.41, 5.74) is 1.22. The van der Waals surface area contributed by atoms with E-state index in [4.69, 9.17) is 27.9 Å². The number of fused-ring (bicyclic) bond motifs is 2. The average molecular weight is 591 g/mol. The number of carbonyl (C=O) groups excluding carboxylic acids is 3. The molecule has 2 saturated heterocycles. The number of hydrogen-bond donors (Lipinski definition) is 0. The number of imide groups is 1. The summed E-state index contributed by atoms with van der Waals surface area (Å²) in [4.78, 5) is 57.1. The van der Waals surface area contributed by atoms with Gasteiger partial charge in [-0.2, -0.15) is 0 Å². The van der Waals surface area contributed by atoms with Crippen molar-refractivity contribution in [2.75, 3.05) is 31.2 Å². The highest BCUT2D eigenvalue weighted by Crippen LogP contribution is 2.54. The Hall–Kier alpha value is -2.63. The lowest BCUT2D eigenvalue weighted by atomic mass is 9.83. The summed E-state index contributed by atoms with van der Waals surface area (Å²) >= 11 is 14.4. The molecule has 3 aliphatic heterocycles. The number of amides is 3. The molecule has 0 saturated carbocycles. The Balaban J connectivity index is 1.43. The molecule has 2 fully saturated rings. The van der Waals surface area contributed by atoms with Crippen LogP contribution >= 0.6 is 46.3 Å². The minimum atomic E-state index is -0.759. The third-order valence-electron chi connectivity index (χ3n) is 7.02. The lowest BCUT2D eigenvalue weighted by Gasteiger charge is -2.31. The van der Waals surface area contributed by atoms with E-state index < -0.39 is 17.1 Å². The summed E-state index contributed by atoms with van der Waals surface area (Å²) < 4.78 is 6.79. The minimum absolute atomic E-state index is 0.134.